The average Bonchev–Trinajstić information content (AvgIpc) is 2.34. The summed E-state index contributed by atoms with van der Waals surface area (Å²) >= 11 is 0. The first kappa shape index (κ1) is 12.4. The van der Waals surface area contributed by atoms with Crippen molar-refractivity contribution in [3.05, 3.63) is 30.3 Å². The molecule has 0 bridgehead atoms. The third-order valence-corrected chi connectivity index (χ3v) is 3.34. The lowest BCUT2D eigenvalue weighted by Crippen LogP contribution is -2.57. The number of aliphatic hydroxyl groups is 2. The van der Waals surface area contributed by atoms with Crippen LogP contribution in [0.15, 0.2) is 30.3 Å². The molecule has 2 N–H and O–H groups in total. The Hall–Kier alpha value is -1.10. The summed E-state index contributed by atoms with van der Waals surface area (Å²) in [6.07, 6.45) is -0.270. The first-order chi connectivity index (χ1) is 8.15. The van der Waals surface area contributed by atoms with E-state index in [0.29, 0.717) is 13.0 Å². The van der Waals surface area contributed by atoms with Crippen molar-refractivity contribution in [2.24, 2.45) is 0 Å². The number of β-amino-alcohol motifs (C(OH)–C–C–N with tert-alkyl or cyclic N) is 1. The Morgan fingerprint density at radius 2 is 2.12 bits per heavy atom. The van der Waals surface area contributed by atoms with Crippen molar-refractivity contribution < 1.29 is 14.9 Å². The van der Waals surface area contributed by atoms with Gasteiger partial charge in [0.05, 0.1) is 6.61 Å². The zero-order valence-electron chi connectivity index (χ0n) is 10.0. The molecule has 0 spiro atoms. The summed E-state index contributed by atoms with van der Waals surface area (Å²) in [7, 11) is 1.54. The van der Waals surface area contributed by atoms with Crippen LogP contribution >= 0.6 is 0 Å². The standard InChI is InChI=1S/C13H19NO3/c1-17-10-13(16)7-8-14(9-12(13)15)11-5-3-2-4-6-11/h2-6,12,15-16H,7-10H2,1H3. The minimum absolute atomic E-state index is 0.177. The van der Waals surface area contributed by atoms with E-state index in [2.05, 4.69) is 4.90 Å². The van der Waals surface area contributed by atoms with E-state index in [4.69, 9.17) is 4.74 Å². The molecule has 4 heteroatoms. The highest BCUT2D eigenvalue weighted by Gasteiger charge is 2.40. The summed E-state index contributed by atoms with van der Waals surface area (Å²) in [4.78, 5) is 2.08. The molecule has 4 nitrogen and oxygen atoms in total. The maximum Gasteiger partial charge on any atom is 0.117 e. The smallest absolute Gasteiger partial charge is 0.117 e. The van der Waals surface area contributed by atoms with Gasteiger partial charge in [-0.3, -0.25) is 0 Å². The van der Waals surface area contributed by atoms with E-state index in [-0.39, 0.29) is 6.61 Å². The van der Waals surface area contributed by atoms with Gasteiger partial charge in [0.25, 0.3) is 0 Å². The van der Waals surface area contributed by atoms with Crippen molar-refractivity contribution in [1.29, 1.82) is 0 Å². The van der Waals surface area contributed by atoms with Gasteiger partial charge in [0.1, 0.15) is 11.7 Å². The summed E-state index contributed by atoms with van der Waals surface area (Å²) in [6, 6.07) is 9.92. The number of piperidine rings is 1. The number of benzene rings is 1. The van der Waals surface area contributed by atoms with Gasteiger partial charge in [-0.25, -0.2) is 0 Å². The molecule has 1 aliphatic rings. The second-order valence-electron chi connectivity index (χ2n) is 4.58. The Morgan fingerprint density at radius 1 is 1.41 bits per heavy atom. The van der Waals surface area contributed by atoms with Crippen molar-refractivity contribution in [3.63, 3.8) is 0 Å². The van der Waals surface area contributed by atoms with E-state index in [1.54, 1.807) is 0 Å². The second-order valence-corrected chi connectivity index (χ2v) is 4.58. The summed E-state index contributed by atoms with van der Waals surface area (Å²) in [5.41, 5.74) is -0.0361. The first-order valence-corrected chi connectivity index (χ1v) is 5.85. The van der Waals surface area contributed by atoms with Gasteiger partial charge < -0.3 is 19.8 Å². The Morgan fingerprint density at radius 3 is 2.71 bits per heavy atom. The van der Waals surface area contributed by atoms with Gasteiger partial charge in [0, 0.05) is 25.9 Å². The predicted molar refractivity (Wildman–Crippen MR) is 66.1 cm³/mol. The zero-order chi connectivity index (χ0) is 12.3. The largest absolute Gasteiger partial charge is 0.388 e. The van der Waals surface area contributed by atoms with Gasteiger partial charge in [-0.05, 0) is 18.6 Å². The molecule has 0 radical (unpaired) electrons. The quantitative estimate of drug-likeness (QED) is 0.810. The molecule has 2 atom stereocenters. The van der Waals surface area contributed by atoms with Crippen LogP contribution in [0.25, 0.3) is 0 Å². The lowest BCUT2D eigenvalue weighted by Gasteiger charge is -2.42. The third kappa shape index (κ3) is 2.60. The number of anilines is 1. The minimum Gasteiger partial charge on any atom is -0.388 e. The van der Waals surface area contributed by atoms with Gasteiger partial charge >= 0.3 is 0 Å². The SMILES string of the molecule is COCC1(O)CCN(c2ccccc2)CC1O. The lowest BCUT2D eigenvalue weighted by atomic mass is 9.89. The van der Waals surface area contributed by atoms with Crippen molar-refractivity contribution in [2.45, 2.75) is 18.1 Å². The molecular weight excluding hydrogens is 218 g/mol. The normalized spacial score (nSPS) is 29.4. The molecule has 0 aromatic heterocycles. The highest BCUT2D eigenvalue weighted by atomic mass is 16.5. The van der Waals surface area contributed by atoms with Gasteiger partial charge in [0.2, 0.25) is 0 Å². The zero-order valence-corrected chi connectivity index (χ0v) is 10.0. The number of aliphatic hydroxyl groups excluding tert-OH is 1. The van der Waals surface area contributed by atoms with E-state index in [1.807, 2.05) is 30.3 Å². The summed E-state index contributed by atoms with van der Waals surface area (Å²) in [5, 5.41) is 20.2. The van der Waals surface area contributed by atoms with Gasteiger partial charge in [-0.1, -0.05) is 18.2 Å². The molecule has 1 fully saturated rings. The summed E-state index contributed by atoms with van der Waals surface area (Å²) in [5.74, 6) is 0. The van der Waals surface area contributed by atoms with Crippen LogP contribution in [0.2, 0.25) is 0 Å². The fraction of sp³-hybridized carbons (Fsp3) is 0.538. The molecule has 0 saturated carbocycles. The fourth-order valence-electron chi connectivity index (χ4n) is 2.26. The number of methoxy groups -OCH3 is 1. The van der Waals surface area contributed by atoms with Crippen molar-refractivity contribution in [2.75, 3.05) is 31.7 Å². The average molecular weight is 237 g/mol. The topological polar surface area (TPSA) is 52.9 Å². The Balaban J connectivity index is 2.05. The van der Waals surface area contributed by atoms with Crippen molar-refractivity contribution in [3.8, 4) is 0 Å². The second kappa shape index (κ2) is 5.04. The molecule has 94 valence electrons. The van der Waals surface area contributed by atoms with E-state index >= 15 is 0 Å². The molecule has 0 amide bonds. The van der Waals surface area contributed by atoms with Crippen LogP contribution in [0, 0.1) is 0 Å². The Kier molecular flexibility index (Phi) is 3.66. The molecule has 1 heterocycles. The lowest BCUT2D eigenvalue weighted by molar-refractivity contribution is -0.122. The molecule has 1 aromatic rings. The molecule has 2 unspecified atom stereocenters. The van der Waals surface area contributed by atoms with Crippen LogP contribution in [0.1, 0.15) is 6.42 Å². The molecule has 0 aliphatic carbocycles. The maximum atomic E-state index is 10.2. The van der Waals surface area contributed by atoms with E-state index < -0.39 is 11.7 Å². The molecule has 2 rings (SSSR count). The van der Waals surface area contributed by atoms with E-state index in [0.717, 1.165) is 12.2 Å². The van der Waals surface area contributed by atoms with Crippen LogP contribution in [0.4, 0.5) is 5.69 Å². The van der Waals surface area contributed by atoms with Gasteiger partial charge in [-0.2, -0.15) is 0 Å². The summed E-state index contributed by atoms with van der Waals surface area (Å²) < 4.78 is 4.97. The van der Waals surface area contributed by atoms with Crippen LogP contribution in [0.5, 0.6) is 0 Å². The number of rotatable bonds is 3. The number of hydrogen-bond donors (Lipinski definition) is 2. The van der Waals surface area contributed by atoms with Crippen LogP contribution < -0.4 is 4.90 Å². The van der Waals surface area contributed by atoms with E-state index in [1.165, 1.54) is 7.11 Å². The molecule has 1 saturated heterocycles. The molecular formula is C13H19NO3. The minimum atomic E-state index is -1.11. The highest BCUT2D eigenvalue weighted by molar-refractivity contribution is 5.46. The van der Waals surface area contributed by atoms with Crippen molar-refractivity contribution in [1.82, 2.24) is 0 Å². The highest BCUT2D eigenvalue weighted by Crippen LogP contribution is 2.26. The van der Waals surface area contributed by atoms with Gasteiger partial charge in [0.15, 0.2) is 0 Å². The van der Waals surface area contributed by atoms with Crippen molar-refractivity contribution >= 4 is 5.69 Å². The fourth-order valence-corrected chi connectivity index (χ4v) is 2.26. The van der Waals surface area contributed by atoms with E-state index in [9.17, 15) is 10.2 Å². The molecule has 1 aliphatic heterocycles. The summed E-state index contributed by atoms with van der Waals surface area (Å²) in [6.45, 7) is 1.33. The number of ether oxygens (including phenoxy) is 1. The van der Waals surface area contributed by atoms with Gasteiger partial charge in [-0.15, -0.1) is 0 Å². The maximum absolute atomic E-state index is 10.2. The van der Waals surface area contributed by atoms with Crippen LogP contribution in [0.3, 0.4) is 0 Å². The number of hydrogen-bond acceptors (Lipinski definition) is 4. The predicted octanol–water partition coefficient (Wildman–Crippen LogP) is 0.635. The molecule has 17 heavy (non-hydrogen) atoms. The first-order valence-electron chi connectivity index (χ1n) is 5.85. The molecule has 1 aromatic carbocycles. The van der Waals surface area contributed by atoms with Crippen LogP contribution in [-0.2, 0) is 4.74 Å². The Bertz CT molecular complexity index is 357. The Labute approximate surface area is 101 Å². The number of para-hydroxylation sites is 1. The number of nitrogens with zero attached hydrogens (tertiary/aromatic N) is 1. The van der Waals surface area contributed by atoms with Crippen LogP contribution in [-0.4, -0.2) is 48.7 Å². The third-order valence-electron chi connectivity index (χ3n) is 3.34. The monoisotopic (exact) mass is 237 g/mol.